The Balaban J connectivity index is 1.30. The van der Waals surface area contributed by atoms with Crippen LogP contribution in [0.2, 0.25) is 0 Å². The molecule has 0 bridgehead atoms. The fourth-order valence-electron chi connectivity index (χ4n) is 4.14. The Hall–Kier alpha value is -0.200. The van der Waals surface area contributed by atoms with Gasteiger partial charge in [-0.1, -0.05) is 19.3 Å². The largest absolute Gasteiger partial charge is 0.390 e. The highest BCUT2D eigenvalue weighted by molar-refractivity contribution is 4.78. The lowest BCUT2D eigenvalue weighted by molar-refractivity contribution is -0.0608. The highest BCUT2D eigenvalue weighted by Crippen LogP contribution is 2.24. The monoisotopic (exact) mass is 326 g/mol. The first-order valence-electron chi connectivity index (χ1n) is 9.65. The van der Waals surface area contributed by atoms with Gasteiger partial charge in [-0.05, 0) is 25.7 Å². The van der Waals surface area contributed by atoms with Gasteiger partial charge in [0.05, 0.1) is 31.5 Å². The molecule has 2 aliphatic heterocycles. The molecule has 0 radical (unpaired) electrons. The maximum Gasteiger partial charge on any atom is 0.0793 e. The number of rotatable bonds is 6. The molecule has 1 aliphatic carbocycles. The normalized spacial score (nSPS) is 28.0. The van der Waals surface area contributed by atoms with Gasteiger partial charge in [0.1, 0.15) is 0 Å². The third-order valence-corrected chi connectivity index (χ3v) is 5.51. The van der Waals surface area contributed by atoms with Gasteiger partial charge in [-0.3, -0.25) is 4.90 Å². The Bertz CT molecular complexity index is 322. The van der Waals surface area contributed by atoms with E-state index >= 15 is 0 Å². The molecule has 1 unspecified atom stereocenters. The van der Waals surface area contributed by atoms with Crippen molar-refractivity contribution in [1.29, 1.82) is 0 Å². The molecule has 23 heavy (non-hydrogen) atoms. The molecule has 0 aromatic heterocycles. The second-order valence-corrected chi connectivity index (χ2v) is 7.46. The summed E-state index contributed by atoms with van der Waals surface area (Å²) in [5.41, 5.74) is 0. The van der Waals surface area contributed by atoms with Crippen LogP contribution in [0.1, 0.15) is 44.9 Å². The minimum atomic E-state index is -0.246. The predicted molar refractivity (Wildman–Crippen MR) is 90.7 cm³/mol. The number of ether oxygens (including phenoxy) is 2. The Morgan fingerprint density at radius 3 is 2.04 bits per heavy atom. The van der Waals surface area contributed by atoms with Gasteiger partial charge in [0.25, 0.3) is 0 Å². The van der Waals surface area contributed by atoms with Gasteiger partial charge in [0, 0.05) is 39.3 Å². The van der Waals surface area contributed by atoms with Gasteiger partial charge in [-0.25, -0.2) is 0 Å². The first kappa shape index (κ1) is 17.6. The van der Waals surface area contributed by atoms with E-state index in [1.54, 1.807) is 0 Å². The lowest BCUT2D eigenvalue weighted by Crippen LogP contribution is -2.47. The van der Waals surface area contributed by atoms with E-state index in [4.69, 9.17) is 9.47 Å². The molecule has 2 saturated heterocycles. The topological polar surface area (TPSA) is 45.2 Å². The van der Waals surface area contributed by atoms with Crippen molar-refractivity contribution in [2.45, 2.75) is 63.3 Å². The van der Waals surface area contributed by atoms with E-state index in [9.17, 15) is 5.11 Å². The van der Waals surface area contributed by atoms with Crippen molar-refractivity contribution in [3.8, 4) is 0 Å². The molecule has 5 nitrogen and oxygen atoms in total. The van der Waals surface area contributed by atoms with Crippen LogP contribution in [0.15, 0.2) is 0 Å². The minimum absolute atomic E-state index is 0.246. The van der Waals surface area contributed by atoms with Gasteiger partial charge in [0.15, 0.2) is 0 Å². The lowest BCUT2D eigenvalue weighted by atomic mass is 9.97. The summed E-state index contributed by atoms with van der Waals surface area (Å²) < 4.78 is 11.7. The van der Waals surface area contributed by atoms with Crippen LogP contribution in [0.5, 0.6) is 0 Å². The summed E-state index contributed by atoms with van der Waals surface area (Å²) in [4.78, 5) is 4.72. The summed E-state index contributed by atoms with van der Waals surface area (Å²) in [6.07, 6.45) is 9.58. The van der Waals surface area contributed by atoms with Crippen molar-refractivity contribution in [2.75, 3.05) is 52.5 Å². The fraction of sp³-hybridized carbons (Fsp3) is 1.00. The number of aliphatic hydroxyl groups is 1. The third kappa shape index (κ3) is 5.98. The Labute approximate surface area is 140 Å². The van der Waals surface area contributed by atoms with Gasteiger partial charge in [0.2, 0.25) is 0 Å². The first-order chi connectivity index (χ1) is 11.3. The van der Waals surface area contributed by atoms with Crippen LogP contribution in [-0.4, -0.2) is 85.7 Å². The SMILES string of the molecule is OC(CN1CCOCC1)CN1CCC(OC2CCCCC2)CC1. The van der Waals surface area contributed by atoms with Crippen LogP contribution in [-0.2, 0) is 9.47 Å². The number of morpholine rings is 1. The van der Waals surface area contributed by atoms with E-state index in [2.05, 4.69) is 9.80 Å². The van der Waals surface area contributed by atoms with Crippen molar-refractivity contribution in [1.82, 2.24) is 9.80 Å². The number of β-amino-alcohol motifs (C(OH)–C–C–N with tert-alkyl or cyclic N) is 1. The molecule has 3 rings (SSSR count). The summed E-state index contributed by atoms with van der Waals surface area (Å²) in [6.45, 7) is 7.22. The maximum absolute atomic E-state index is 10.3. The zero-order chi connectivity index (χ0) is 15.9. The molecular formula is C18H34N2O3. The summed E-state index contributed by atoms with van der Waals surface area (Å²) in [5.74, 6) is 0. The zero-order valence-corrected chi connectivity index (χ0v) is 14.5. The number of piperidine rings is 1. The number of aliphatic hydroxyl groups excluding tert-OH is 1. The van der Waals surface area contributed by atoms with E-state index in [0.29, 0.717) is 12.2 Å². The van der Waals surface area contributed by atoms with Crippen LogP contribution < -0.4 is 0 Å². The van der Waals surface area contributed by atoms with Crippen LogP contribution in [0.4, 0.5) is 0 Å². The van der Waals surface area contributed by atoms with Gasteiger partial charge < -0.3 is 19.5 Å². The molecule has 3 aliphatic rings. The second-order valence-electron chi connectivity index (χ2n) is 7.46. The van der Waals surface area contributed by atoms with Crippen molar-refractivity contribution >= 4 is 0 Å². The summed E-state index contributed by atoms with van der Waals surface area (Å²) >= 11 is 0. The minimum Gasteiger partial charge on any atom is -0.390 e. The molecule has 2 heterocycles. The number of nitrogens with zero attached hydrogens (tertiary/aromatic N) is 2. The molecule has 5 heteroatoms. The summed E-state index contributed by atoms with van der Waals surface area (Å²) in [6, 6.07) is 0. The van der Waals surface area contributed by atoms with Gasteiger partial charge in [-0.15, -0.1) is 0 Å². The van der Waals surface area contributed by atoms with Crippen molar-refractivity contribution < 1.29 is 14.6 Å². The van der Waals surface area contributed by atoms with E-state index < -0.39 is 0 Å². The molecular weight excluding hydrogens is 292 g/mol. The van der Waals surface area contributed by atoms with Crippen LogP contribution >= 0.6 is 0 Å². The molecule has 1 atom stereocenters. The van der Waals surface area contributed by atoms with Gasteiger partial charge >= 0.3 is 0 Å². The van der Waals surface area contributed by atoms with E-state index in [-0.39, 0.29) is 6.10 Å². The smallest absolute Gasteiger partial charge is 0.0793 e. The Morgan fingerprint density at radius 1 is 0.826 bits per heavy atom. The fourth-order valence-corrected chi connectivity index (χ4v) is 4.14. The Kier molecular flexibility index (Phi) is 7.14. The average Bonchev–Trinajstić information content (AvgIpc) is 2.58. The first-order valence-corrected chi connectivity index (χ1v) is 9.65. The van der Waals surface area contributed by atoms with Crippen molar-refractivity contribution in [3.63, 3.8) is 0 Å². The van der Waals surface area contributed by atoms with E-state index in [1.807, 2.05) is 0 Å². The standard InChI is InChI=1S/C18H34N2O3/c21-16(15-20-10-12-22-13-11-20)14-19-8-6-18(7-9-19)23-17-4-2-1-3-5-17/h16-18,21H,1-15H2. The maximum atomic E-state index is 10.3. The average molecular weight is 326 g/mol. The molecule has 0 aromatic carbocycles. The summed E-state index contributed by atoms with van der Waals surface area (Å²) in [5, 5.41) is 10.3. The second kappa shape index (κ2) is 9.33. The van der Waals surface area contributed by atoms with Crippen molar-refractivity contribution in [2.24, 2.45) is 0 Å². The van der Waals surface area contributed by atoms with Crippen LogP contribution in [0.3, 0.4) is 0 Å². The lowest BCUT2D eigenvalue weighted by Gasteiger charge is -2.36. The quantitative estimate of drug-likeness (QED) is 0.801. The number of hydrogen-bond donors (Lipinski definition) is 1. The molecule has 0 aromatic rings. The van der Waals surface area contributed by atoms with E-state index in [0.717, 1.165) is 65.3 Å². The van der Waals surface area contributed by atoms with E-state index in [1.165, 1.54) is 32.1 Å². The highest BCUT2D eigenvalue weighted by Gasteiger charge is 2.25. The van der Waals surface area contributed by atoms with Gasteiger partial charge in [-0.2, -0.15) is 0 Å². The van der Waals surface area contributed by atoms with Crippen molar-refractivity contribution in [3.05, 3.63) is 0 Å². The molecule has 134 valence electrons. The molecule has 1 N–H and O–H groups in total. The zero-order valence-electron chi connectivity index (χ0n) is 14.5. The summed E-state index contributed by atoms with van der Waals surface area (Å²) in [7, 11) is 0. The number of hydrogen-bond acceptors (Lipinski definition) is 5. The predicted octanol–water partition coefficient (Wildman–Crippen LogP) is 1.49. The molecule has 3 fully saturated rings. The number of likely N-dealkylation sites (tertiary alicyclic amines) is 1. The molecule has 0 spiro atoms. The highest BCUT2D eigenvalue weighted by atomic mass is 16.5. The molecule has 0 amide bonds. The van der Waals surface area contributed by atoms with Crippen LogP contribution in [0, 0.1) is 0 Å². The van der Waals surface area contributed by atoms with Crippen LogP contribution in [0.25, 0.3) is 0 Å². The molecule has 1 saturated carbocycles. The Morgan fingerprint density at radius 2 is 1.39 bits per heavy atom. The third-order valence-electron chi connectivity index (χ3n) is 5.51.